The van der Waals surface area contributed by atoms with Crippen LogP contribution in [0.3, 0.4) is 0 Å². The van der Waals surface area contributed by atoms with E-state index in [0.717, 1.165) is 21.4 Å². The summed E-state index contributed by atoms with van der Waals surface area (Å²) in [7, 11) is -3.58. The van der Waals surface area contributed by atoms with Gasteiger partial charge in [-0.2, -0.15) is 5.10 Å². The number of fused-ring (bicyclic) bond motifs is 1. The van der Waals surface area contributed by atoms with Crippen molar-refractivity contribution in [2.24, 2.45) is 0 Å². The van der Waals surface area contributed by atoms with Gasteiger partial charge in [0.2, 0.25) is 15.0 Å². The molecule has 0 unspecified atom stereocenters. The third-order valence-electron chi connectivity index (χ3n) is 5.29. The van der Waals surface area contributed by atoms with Crippen LogP contribution in [0, 0.1) is 13.8 Å². The number of imidazole rings is 1. The first kappa shape index (κ1) is 18.6. The molecule has 1 aliphatic carbocycles. The average molecular weight is 405 g/mol. The molecule has 1 aliphatic rings. The summed E-state index contributed by atoms with van der Waals surface area (Å²) >= 11 is 1.50. The fourth-order valence-electron chi connectivity index (χ4n) is 3.79. The van der Waals surface area contributed by atoms with E-state index in [0.29, 0.717) is 10.8 Å². The van der Waals surface area contributed by atoms with E-state index in [1.807, 2.05) is 26.0 Å². The molecular formula is C19H24N4O2S2. The molecule has 0 atom stereocenters. The molecule has 0 amide bonds. The van der Waals surface area contributed by atoms with Crippen LogP contribution in [0.15, 0.2) is 29.2 Å². The summed E-state index contributed by atoms with van der Waals surface area (Å²) < 4.78 is 29.8. The number of sulfonamides is 1. The van der Waals surface area contributed by atoms with Crippen molar-refractivity contribution in [3.05, 3.63) is 46.2 Å². The highest BCUT2D eigenvalue weighted by Crippen LogP contribution is 2.32. The molecule has 1 saturated carbocycles. The molecule has 4 rings (SSSR count). The third kappa shape index (κ3) is 3.79. The van der Waals surface area contributed by atoms with Gasteiger partial charge in [0.25, 0.3) is 0 Å². The number of benzene rings is 1. The second-order valence-electron chi connectivity index (χ2n) is 7.19. The van der Waals surface area contributed by atoms with E-state index in [9.17, 15) is 8.42 Å². The standard InChI is InChI=1S/C19H24N4O2S2/c1-13-18(23-19(21-13)26-14(2)22-23)12-20-27(24,25)17-10-8-16(9-11-17)15-6-4-3-5-7-15/h8-11,15,20H,3-7,12H2,1-2H3. The Morgan fingerprint density at radius 3 is 2.56 bits per heavy atom. The maximum Gasteiger partial charge on any atom is 0.240 e. The predicted molar refractivity (Wildman–Crippen MR) is 107 cm³/mol. The Morgan fingerprint density at radius 2 is 1.85 bits per heavy atom. The van der Waals surface area contributed by atoms with Gasteiger partial charge in [-0.05, 0) is 50.3 Å². The largest absolute Gasteiger partial charge is 0.240 e. The van der Waals surface area contributed by atoms with Gasteiger partial charge in [-0.3, -0.25) is 0 Å². The summed E-state index contributed by atoms with van der Waals surface area (Å²) in [6.45, 7) is 3.96. The van der Waals surface area contributed by atoms with Gasteiger partial charge in [-0.25, -0.2) is 22.6 Å². The van der Waals surface area contributed by atoms with Crippen molar-refractivity contribution in [1.29, 1.82) is 0 Å². The monoisotopic (exact) mass is 404 g/mol. The third-order valence-corrected chi connectivity index (χ3v) is 7.54. The molecule has 6 nitrogen and oxygen atoms in total. The van der Waals surface area contributed by atoms with Crippen molar-refractivity contribution in [1.82, 2.24) is 19.3 Å². The van der Waals surface area contributed by atoms with Gasteiger partial charge in [-0.1, -0.05) is 42.7 Å². The number of rotatable bonds is 5. The molecule has 1 aromatic carbocycles. The Morgan fingerprint density at radius 1 is 1.15 bits per heavy atom. The fraction of sp³-hybridized carbons (Fsp3) is 0.474. The van der Waals surface area contributed by atoms with Crippen LogP contribution in [0.1, 0.15) is 60.0 Å². The smallest absolute Gasteiger partial charge is 0.223 e. The Balaban J connectivity index is 1.50. The average Bonchev–Trinajstić information content (AvgIpc) is 3.15. The number of aromatic nitrogens is 3. The van der Waals surface area contributed by atoms with Crippen molar-refractivity contribution < 1.29 is 8.42 Å². The van der Waals surface area contributed by atoms with Crippen molar-refractivity contribution >= 4 is 26.3 Å². The second-order valence-corrected chi connectivity index (χ2v) is 10.1. The number of nitrogens with zero attached hydrogens (tertiary/aromatic N) is 3. The van der Waals surface area contributed by atoms with Crippen LogP contribution in [-0.4, -0.2) is 23.0 Å². The lowest BCUT2D eigenvalue weighted by Gasteiger charge is -2.22. The van der Waals surface area contributed by atoms with E-state index < -0.39 is 10.0 Å². The van der Waals surface area contributed by atoms with Gasteiger partial charge in [0.1, 0.15) is 5.01 Å². The Kier molecular flexibility index (Phi) is 5.05. The van der Waals surface area contributed by atoms with Crippen LogP contribution in [0.2, 0.25) is 0 Å². The van der Waals surface area contributed by atoms with Crippen molar-refractivity contribution in [3.63, 3.8) is 0 Å². The molecule has 2 aromatic heterocycles. The molecule has 1 N–H and O–H groups in total. The summed E-state index contributed by atoms with van der Waals surface area (Å²) in [4.78, 5) is 5.54. The topological polar surface area (TPSA) is 76.4 Å². The van der Waals surface area contributed by atoms with Crippen molar-refractivity contribution in [2.45, 2.75) is 63.3 Å². The highest BCUT2D eigenvalue weighted by atomic mass is 32.2. The highest BCUT2D eigenvalue weighted by molar-refractivity contribution is 7.89. The van der Waals surface area contributed by atoms with E-state index in [1.54, 1.807) is 16.6 Å². The normalized spacial score (nSPS) is 16.2. The van der Waals surface area contributed by atoms with Gasteiger partial charge >= 0.3 is 0 Å². The Bertz CT molecular complexity index is 1050. The van der Waals surface area contributed by atoms with Crippen molar-refractivity contribution in [2.75, 3.05) is 0 Å². The first-order valence-corrected chi connectivity index (χ1v) is 11.7. The SMILES string of the molecule is Cc1nn2c(CNS(=O)(=O)c3ccc(C4CCCCC4)cc3)c(C)nc2s1. The summed E-state index contributed by atoms with van der Waals surface area (Å²) in [5.74, 6) is 0.569. The van der Waals surface area contributed by atoms with Gasteiger partial charge in [0.15, 0.2) is 0 Å². The van der Waals surface area contributed by atoms with Crippen LogP contribution >= 0.6 is 11.3 Å². The van der Waals surface area contributed by atoms with E-state index in [1.165, 1.54) is 49.0 Å². The molecule has 2 heterocycles. The number of hydrogen-bond donors (Lipinski definition) is 1. The van der Waals surface area contributed by atoms with Gasteiger partial charge in [0.05, 0.1) is 22.8 Å². The minimum Gasteiger partial charge on any atom is -0.223 e. The molecule has 0 bridgehead atoms. The lowest BCUT2D eigenvalue weighted by atomic mass is 9.84. The molecule has 27 heavy (non-hydrogen) atoms. The molecule has 0 aliphatic heterocycles. The summed E-state index contributed by atoms with van der Waals surface area (Å²) in [5, 5.41) is 5.31. The summed E-state index contributed by atoms with van der Waals surface area (Å²) in [5.41, 5.74) is 2.82. The molecule has 0 radical (unpaired) electrons. The molecule has 1 fully saturated rings. The van der Waals surface area contributed by atoms with Crippen LogP contribution < -0.4 is 4.72 Å². The molecule has 0 saturated heterocycles. The minimum atomic E-state index is -3.58. The first-order valence-electron chi connectivity index (χ1n) is 9.35. The van der Waals surface area contributed by atoms with Crippen LogP contribution in [0.5, 0.6) is 0 Å². The summed E-state index contributed by atoms with van der Waals surface area (Å²) in [6.07, 6.45) is 6.25. The number of aryl methyl sites for hydroxylation is 2. The van der Waals surface area contributed by atoms with E-state index >= 15 is 0 Å². The van der Waals surface area contributed by atoms with Gasteiger partial charge in [0, 0.05) is 0 Å². The molecule has 8 heteroatoms. The quantitative estimate of drug-likeness (QED) is 0.699. The Hall–Kier alpha value is -1.77. The van der Waals surface area contributed by atoms with Crippen LogP contribution in [-0.2, 0) is 16.6 Å². The zero-order valence-corrected chi connectivity index (χ0v) is 17.2. The second kappa shape index (κ2) is 7.33. The molecule has 0 spiro atoms. The van der Waals surface area contributed by atoms with Crippen molar-refractivity contribution in [3.8, 4) is 0 Å². The van der Waals surface area contributed by atoms with E-state index in [2.05, 4.69) is 14.8 Å². The lowest BCUT2D eigenvalue weighted by molar-refractivity contribution is 0.443. The maximum atomic E-state index is 12.7. The van der Waals surface area contributed by atoms with Gasteiger partial charge in [-0.15, -0.1) is 0 Å². The first-order chi connectivity index (χ1) is 12.9. The van der Waals surface area contributed by atoms with E-state index in [4.69, 9.17) is 0 Å². The summed E-state index contributed by atoms with van der Waals surface area (Å²) in [6, 6.07) is 7.38. The predicted octanol–water partition coefficient (Wildman–Crippen LogP) is 3.93. The van der Waals surface area contributed by atoms with Crippen LogP contribution in [0.25, 0.3) is 4.96 Å². The lowest BCUT2D eigenvalue weighted by Crippen LogP contribution is -2.24. The minimum absolute atomic E-state index is 0.170. The zero-order chi connectivity index (χ0) is 19.0. The zero-order valence-electron chi connectivity index (χ0n) is 15.6. The highest BCUT2D eigenvalue weighted by Gasteiger charge is 2.20. The van der Waals surface area contributed by atoms with Crippen LogP contribution in [0.4, 0.5) is 0 Å². The van der Waals surface area contributed by atoms with E-state index in [-0.39, 0.29) is 6.54 Å². The molecule has 144 valence electrons. The Labute approximate surface area is 163 Å². The fourth-order valence-corrected chi connectivity index (χ4v) is 5.59. The molecule has 3 aromatic rings. The number of nitrogens with one attached hydrogen (secondary N) is 1. The number of hydrogen-bond acceptors (Lipinski definition) is 5. The molecular weight excluding hydrogens is 380 g/mol. The van der Waals surface area contributed by atoms with Gasteiger partial charge < -0.3 is 0 Å². The maximum absolute atomic E-state index is 12.7.